The number of aryl methyl sites for hydroxylation is 1. The fraction of sp³-hybridized carbons (Fsp3) is 0.170. The number of Topliss-reactive ketones (excluding diaryl/α,β-unsaturated/α-hetero) is 2. The monoisotopic (exact) mass is 1910 g/mol. The Kier molecular flexibility index (Phi) is 32.8. The Morgan fingerprint density at radius 3 is 1.24 bits per heavy atom. The third kappa shape index (κ3) is 23.5. The van der Waals surface area contributed by atoms with Crippen LogP contribution in [0.3, 0.4) is 0 Å². The van der Waals surface area contributed by atoms with E-state index >= 15 is 0 Å². The van der Waals surface area contributed by atoms with Crippen molar-refractivity contribution in [3.63, 3.8) is 0 Å². The maximum absolute atomic E-state index is 13.2. The van der Waals surface area contributed by atoms with Gasteiger partial charge < -0.3 is 34.2 Å². The number of nitrogens with zero attached hydrogens (tertiary/aromatic N) is 7. The zero-order chi connectivity index (χ0) is 69.4. The molecule has 0 bridgehead atoms. The first-order valence-corrected chi connectivity index (χ1v) is 33.6. The van der Waals surface area contributed by atoms with Gasteiger partial charge in [-0.3, -0.25) is 9.59 Å². The van der Waals surface area contributed by atoms with Gasteiger partial charge in [-0.05, 0) is 133 Å². The standard InChI is InChI=1S/C26H26N2O2S.C12H10N.4C11H8N.C5H8O2.CH4.3Ir/c1-25(2)9-11-28-12-10-26(3,4)20-21(28)17(25)14-15-13-16(24(29)30-22(15)20)23-27-18-7-5-6-8-19(18)31-23;1-10-7-8-13-12(9-10)11-5-3-2-4-6-11;4*1-2-6-10(7-3-1)11-8-4-5-9-12-11;1-4(6)3-5(2)7;;;;/h5-8,13-14H,9-12H2,1-4H3;2-5,7-9H,1H3;4*1-6,8-9H;3H2,1-2H3;1H4;;;/q;5*-1;;;;;+3. The summed E-state index contributed by atoms with van der Waals surface area (Å²) in [6.45, 7) is 16.2. The molecule has 14 aromatic rings. The van der Waals surface area contributed by atoms with Crippen molar-refractivity contribution in [1.82, 2.24) is 29.9 Å². The SMILES string of the molecule is C.CC(=O)CC(C)=O.CC1(C)CCN2CCC(C)(C)c3c2c1cc1cc(-c2nc4ccccc4s2)c(=O)oc31.Cc1ccnc(-c2[c-]cccc2)c1.[Ir+3].[Ir].[Ir].[c-]1ccccc1-c1ccccn1.[c-]1ccccc1-c1ccccn1.[c-]1ccccc1-c1ccccn1.[c-]1ccccc1-c1ccccn1. The van der Waals surface area contributed by atoms with Gasteiger partial charge in [0.2, 0.25) is 0 Å². The maximum atomic E-state index is 13.2. The van der Waals surface area contributed by atoms with Crippen molar-refractivity contribution in [3.05, 3.63) is 331 Å². The summed E-state index contributed by atoms with van der Waals surface area (Å²) in [5.74, 6) is -0.125. The zero-order valence-corrected chi connectivity index (χ0v) is 65.7. The molecule has 16 rings (SSSR count). The van der Waals surface area contributed by atoms with Gasteiger partial charge in [-0.2, -0.15) is 0 Å². The Labute approximate surface area is 650 Å². The average molecular weight is 1910 g/mol. The van der Waals surface area contributed by atoms with Gasteiger partial charge in [0.25, 0.3) is 0 Å². The van der Waals surface area contributed by atoms with Crippen molar-refractivity contribution in [2.45, 2.75) is 86.0 Å². The van der Waals surface area contributed by atoms with Gasteiger partial charge in [-0.15, -0.1) is 191 Å². The molecule has 0 atom stereocenters. The van der Waals surface area contributed by atoms with Crippen LogP contribution in [0.5, 0.6) is 0 Å². The third-order valence-electron chi connectivity index (χ3n) is 16.3. The summed E-state index contributed by atoms with van der Waals surface area (Å²) in [6, 6.07) is 94.6. The summed E-state index contributed by atoms with van der Waals surface area (Å²) in [4.78, 5) is 61.6. The minimum absolute atomic E-state index is 0. The Balaban J connectivity index is 0.000000199. The number of hydrogen-bond acceptors (Lipinski definition) is 12. The summed E-state index contributed by atoms with van der Waals surface area (Å²) < 4.78 is 7.18. The molecule has 0 saturated carbocycles. The third-order valence-corrected chi connectivity index (χ3v) is 17.3. The van der Waals surface area contributed by atoms with Gasteiger partial charge in [-0.25, -0.2) is 9.78 Å². The Morgan fingerprint density at radius 1 is 0.485 bits per heavy atom. The van der Waals surface area contributed by atoms with Gasteiger partial charge in [0.05, 0.1) is 22.2 Å². The molecule has 7 aromatic carbocycles. The van der Waals surface area contributed by atoms with Gasteiger partial charge >= 0.3 is 25.7 Å². The Bertz CT molecular complexity index is 4410. The molecule has 526 valence electrons. The first kappa shape index (κ1) is 82.4. The van der Waals surface area contributed by atoms with Gasteiger partial charge in [0.1, 0.15) is 22.2 Å². The van der Waals surface area contributed by atoms with E-state index in [1.165, 1.54) is 36.2 Å². The summed E-state index contributed by atoms with van der Waals surface area (Å²) in [7, 11) is 0. The van der Waals surface area contributed by atoms with E-state index in [1.807, 2.05) is 237 Å². The molecule has 0 saturated heterocycles. The van der Waals surface area contributed by atoms with E-state index in [9.17, 15) is 14.4 Å². The summed E-state index contributed by atoms with van der Waals surface area (Å²) >= 11 is 1.54. The predicted octanol–water partition coefficient (Wildman–Crippen LogP) is 20.5. The summed E-state index contributed by atoms with van der Waals surface area (Å²) in [5.41, 5.74) is 17.1. The molecule has 9 heterocycles. The molecular weight excluding hydrogens is 1830 g/mol. The first-order valence-electron chi connectivity index (χ1n) is 32.8. The van der Waals surface area contributed by atoms with Crippen LogP contribution in [-0.2, 0) is 80.7 Å². The second kappa shape index (κ2) is 40.9. The number of ketones is 2. The number of fused-ring (bicyclic) bond motifs is 3. The molecule has 7 aromatic heterocycles. The minimum Gasteiger partial charge on any atom is -0.422 e. The van der Waals surface area contributed by atoms with Crippen molar-refractivity contribution in [1.29, 1.82) is 0 Å². The second-order valence-electron chi connectivity index (χ2n) is 24.8. The van der Waals surface area contributed by atoms with E-state index < -0.39 is 0 Å². The largest absolute Gasteiger partial charge is 3.00 e. The molecule has 0 fully saturated rings. The fourth-order valence-corrected chi connectivity index (χ4v) is 12.1. The minimum atomic E-state index is -0.300. The van der Waals surface area contributed by atoms with Crippen molar-refractivity contribution in [2.75, 3.05) is 18.0 Å². The van der Waals surface area contributed by atoms with Gasteiger partial charge in [0, 0.05) is 101 Å². The van der Waals surface area contributed by atoms with Crippen molar-refractivity contribution < 1.29 is 74.3 Å². The smallest absolute Gasteiger partial charge is 0.422 e. The fourth-order valence-electron chi connectivity index (χ4n) is 11.2. The molecule has 15 heteroatoms. The van der Waals surface area contributed by atoms with Crippen LogP contribution in [0, 0.1) is 37.3 Å². The number of para-hydroxylation sites is 1. The molecule has 2 aliphatic heterocycles. The van der Waals surface area contributed by atoms with Crippen molar-refractivity contribution in [3.8, 4) is 66.9 Å². The van der Waals surface area contributed by atoms with E-state index in [0.29, 0.717) is 5.56 Å². The first-order chi connectivity index (χ1) is 48.1. The van der Waals surface area contributed by atoms with Crippen LogP contribution in [-0.4, -0.2) is 54.6 Å². The molecular formula is C88H80Ir3N7O4S-2. The quantitative estimate of drug-likeness (QED) is 0.0814. The number of carbonyl (C=O) groups is 2. The van der Waals surface area contributed by atoms with Crippen LogP contribution in [0.1, 0.15) is 84.9 Å². The van der Waals surface area contributed by atoms with E-state index in [2.05, 4.69) is 107 Å². The van der Waals surface area contributed by atoms with Crippen molar-refractivity contribution in [2.24, 2.45) is 0 Å². The molecule has 11 nitrogen and oxygen atoms in total. The zero-order valence-electron chi connectivity index (χ0n) is 57.7. The van der Waals surface area contributed by atoms with Crippen LogP contribution in [0.25, 0.3) is 88.0 Å². The van der Waals surface area contributed by atoms with E-state index in [1.54, 1.807) is 36.1 Å². The van der Waals surface area contributed by atoms with E-state index in [-0.39, 0.29) is 102 Å². The molecule has 0 amide bonds. The number of benzene rings is 7. The average Bonchev–Trinajstić information content (AvgIpc) is 0.900. The summed E-state index contributed by atoms with van der Waals surface area (Å²) in [5, 5.41) is 1.73. The number of hydrogen-bond donors (Lipinski definition) is 0. The number of aromatic nitrogens is 6. The normalized spacial score (nSPS) is 12.0. The van der Waals surface area contributed by atoms with Crippen LogP contribution in [0.2, 0.25) is 0 Å². The molecule has 0 unspecified atom stereocenters. The van der Waals surface area contributed by atoms with Crippen LogP contribution >= 0.6 is 11.3 Å². The second-order valence-corrected chi connectivity index (χ2v) is 25.8. The molecule has 0 aliphatic carbocycles. The number of carbonyl (C=O) groups excluding carboxylic acids is 2. The van der Waals surface area contributed by atoms with Crippen LogP contribution in [0.15, 0.2) is 283 Å². The molecule has 0 N–H and O–H groups in total. The molecule has 103 heavy (non-hydrogen) atoms. The van der Waals surface area contributed by atoms with Crippen LogP contribution in [0.4, 0.5) is 5.69 Å². The number of rotatable bonds is 8. The van der Waals surface area contributed by atoms with Crippen LogP contribution < -0.4 is 10.5 Å². The summed E-state index contributed by atoms with van der Waals surface area (Å²) in [6.07, 6.45) is 11.2. The number of anilines is 1. The predicted molar refractivity (Wildman–Crippen MR) is 409 cm³/mol. The van der Waals surface area contributed by atoms with E-state index in [0.717, 1.165) is 108 Å². The molecule has 2 radical (unpaired) electrons. The number of pyridine rings is 5. The maximum Gasteiger partial charge on any atom is 3.00 e. The number of thiazole rings is 1. The topological polar surface area (TPSA) is 145 Å². The Hall–Kier alpha value is -9.52. The molecule has 2 aliphatic rings. The molecule has 0 spiro atoms. The van der Waals surface area contributed by atoms with Gasteiger partial charge in [-0.1, -0.05) is 107 Å². The van der Waals surface area contributed by atoms with E-state index in [4.69, 9.17) is 9.40 Å². The van der Waals surface area contributed by atoms with Crippen molar-refractivity contribution >= 4 is 49.8 Å². The Morgan fingerprint density at radius 2 is 0.874 bits per heavy atom. The van der Waals surface area contributed by atoms with Gasteiger partial charge in [0.15, 0.2) is 0 Å².